The summed E-state index contributed by atoms with van der Waals surface area (Å²) >= 11 is 0. The van der Waals surface area contributed by atoms with Gasteiger partial charge in [-0.2, -0.15) is 0 Å². The number of rotatable bonds is 3. The maximum atomic E-state index is 13.5. The molecule has 1 amide bonds. The van der Waals surface area contributed by atoms with Crippen molar-refractivity contribution in [2.75, 3.05) is 10.7 Å². The Morgan fingerprint density at radius 3 is 2.43 bits per heavy atom. The lowest BCUT2D eigenvalue weighted by Gasteiger charge is -2.10. The molecule has 0 atom stereocenters. The van der Waals surface area contributed by atoms with Gasteiger partial charge >= 0.3 is 0 Å². The second-order valence-corrected chi connectivity index (χ2v) is 4.22. The van der Waals surface area contributed by atoms with Crippen LogP contribution in [0.25, 0.3) is 0 Å². The fraction of sp³-hybridized carbons (Fsp3) is 0.0769. The maximum Gasteiger partial charge on any atom is 0.259 e. The van der Waals surface area contributed by atoms with Crippen molar-refractivity contribution in [3.8, 4) is 0 Å². The number of carbonyl (C=O) groups excluding carboxylic acids is 1. The molecule has 0 aliphatic heterocycles. The monoisotopic (exact) mass is 296 g/mol. The molecule has 0 spiro atoms. The van der Waals surface area contributed by atoms with Crippen LogP contribution < -0.4 is 16.6 Å². The fourth-order valence-corrected chi connectivity index (χ4v) is 1.67. The van der Waals surface area contributed by atoms with Crippen molar-refractivity contribution in [1.29, 1.82) is 0 Å². The van der Waals surface area contributed by atoms with Gasteiger partial charge < -0.3 is 10.7 Å². The molecule has 110 valence electrons. The minimum Gasteiger partial charge on any atom is -0.323 e. The number of halogens is 3. The first-order valence-corrected chi connectivity index (χ1v) is 5.81. The molecule has 0 bridgehead atoms. The van der Waals surface area contributed by atoms with Crippen LogP contribution in [0.3, 0.4) is 0 Å². The molecule has 0 unspecified atom stereocenters. The van der Waals surface area contributed by atoms with E-state index < -0.39 is 29.0 Å². The highest BCUT2D eigenvalue weighted by atomic mass is 19.2. The first kappa shape index (κ1) is 14.8. The molecule has 1 heterocycles. The third-order valence-electron chi connectivity index (χ3n) is 2.70. The molecule has 0 radical (unpaired) electrons. The molecule has 1 aromatic heterocycles. The Bertz CT molecular complexity index is 706. The van der Waals surface area contributed by atoms with Crippen LogP contribution in [0.15, 0.2) is 24.4 Å². The predicted octanol–water partition coefficient (Wildman–Crippen LogP) is 2.35. The lowest BCUT2D eigenvalue weighted by Crippen LogP contribution is -2.18. The van der Waals surface area contributed by atoms with Gasteiger partial charge in [-0.05, 0) is 13.0 Å². The zero-order valence-corrected chi connectivity index (χ0v) is 10.9. The van der Waals surface area contributed by atoms with Crippen LogP contribution in [0.4, 0.5) is 24.5 Å². The van der Waals surface area contributed by atoms with Gasteiger partial charge in [0, 0.05) is 24.0 Å². The smallest absolute Gasteiger partial charge is 0.259 e. The van der Waals surface area contributed by atoms with E-state index in [9.17, 15) is 18.0 Å². The van der Waals surface area contributed by atoms with E-state index in [2.05, 4.69) is 15.7 Å². The average Bonchev–Trinajstić information content (AvgIpc) is 2.44. The number of benzene rings is 1. The highest BCUT2D eigenvalue weighted by molar-refractivity contribution is 6.07. The molecule has 1 aromatic carbocycles. The highest BCUT2D eigenvalue weighted by Crippen LogP contribution is 2.21. The summed E-state index contributed by atoms with van der Waals surface area (Å²) in [4.78, 5) is 15.9. The van der Waals surface area contributed by atoms with Crippen LogP contribution in [0.2, 0.25) is 0 Å². The maximum absolute atomic E-state index is 13.5. The normalized spacial score (nSPS) is 10.3. The van der Waals surface area contributed by atoms with Gasteiger partial charge in [-0.15, -0.1) is 0 Å². The minimum atomic E-state index is -1.34. The summed E-state index contributed by atoms with van der Waals surface area (Å²) in [6.45, 7) is 1.69. The number of aromatic nitrogens is 1. The Hall–Kier alpha value is -2.61. The lowest BCUT2D eigenvalue weighted by molar-refractivity contribution is 0.102. The summed E-state index contributed by atoms with van der Waals surface area (Å²) in [5.41, 5.74) is 2.74. The number of hydrogen-bond donors (Lipinski definition) is 3. The second-order valence-electron chi connectivity index (χ2n) is 4.22. The third kappa shape index (κ3) is 3.11. The van der Waals surface area contributed by atoms with E-state index in [1.54, 1.807) is 6.92 Å². The van der Waals surface area contributed by atoms with Gasteiger partial charge in [0.15, 0.2) is 11.6 Å². The summed E-state index contributed by atoms with van der Waals surface area (Å²) < 4.78 is 39.4. The van der Waals surface area contributed by atoms with E-state index in [4.69, 9.17) is 5.84 Å². The molecule has 0 fully saturated rings. The number of nitrogens with zero attached hydrogens (tertiary/aromatic N) is 1. The number of aryl methyl sites for hydroxylation is 1. The first-order chi connectivity index (χ1) is 9.92. The molecular formula is C13H11F3N4O. The zero-order chi connectivity index (χ0) is 15.6. The minimum absolute atomic E-state index is 0.0345. The molecule has 2 rings (SSSR count). The molecule has 0 aliphatic rings. The van der Waals surface area contributed by atoms with Crippen LogP contribution in [0.1, 0.15) is 16.1 Å². The first-order valence-electron chi connectivity index (χ1n) is 5.81. The van der Waals surface area contributed by atoms with Crippen molar-refractivity contribution < 1.29 is 18.0 Å². The third-order valence-corrected chi connectivity index (χ3v) is 2.70. The van der Waals surface area contributed by atoms with Crippen molar-refractivity contribution in [3.05, 3.63) is 53.1 Å². The number of hydrazine groups is 1. The van der Waals surface area contributed by atoms with Crippen LogP contribution >= 0.6 is 0 Å². The zero-order valence-electron chi connectivity index (χ0n) is 10.9. The van der Waals surface area contributed by atoms with Crippen LogP contribution in [0.5, 0.6) is 0 Å². The molecule has 0 aliphatic carbocycles. The SMILES string of the molecule is Cc1cc(NN)c(C(=O)Nc2cc(F)c(F)cc2F)cn1. The molecule has 8 heteroatoms. The largest absolute Gasteiger partial charge is 0.323 e. The van der Waals surface area contributed by atoms with Crippen molar-refractivity contribution in [3.63, 3.8) is 0 Å². The number of nitrogens with one attached hydrogen (secondary N) is 2. The number of amides is 1. The molecule has 2 aromatic rings. The van der Waals surface area contributed by atoms with Crippen LogP contribution in [-0.4, -0.2) is 10.9 Å². The Balaban J connectivity index is 2.32. The van der Waals surface area contributed by atoms with E-state index in [1.807, 2.05) is 0 Å². The Morgan fingerprint density at radius 1 is 1.10 bits per heavy atom. The van der Waals surface area contributed by atoms with Gasteiger partial charge in [0.05, 0.1) is 16.9 Å². The number of nitrogens with two attached hydrogens (primary N) is 1. The van der Waals surface area contributed by atoms with Gasteiger partial charge in [-0.1, -0.05) is 0 Å². The van der Waals surface area contributed by atoms with Gasteiger partial charge in [0.2, 0.25) is 0 Å². The van der Waals surface area contributed by atoms with Crippen molar-refractivity contribution in [2.45, 2.75) is 6.92 Å². The molecule has 0 saturated heterocycles. The van der Waals surface area contributed by atoms with E-state index in [1.165, 1.54) is 12.3 Å². The molecule has 4 N–H and O–H groups in total. The second kappa shape index (κ2) is 5.80. The Labute approximate surface area is 118 Å². The topological polar surface area (TPSA) is 80.0 Å². The number of nitrogen functional groups attached to an aromatic ring is 1. The van der Waals surface area contributed by atoms with Crippen molar-refractivity contribution in [1.82, 2.24) is 4.98 Å². The van der Waals surface area contributed by atoms with Gasteiger partial charge in [-0.25, -0.2) is 13.2 Å². The Kier molecular flexibility index (Phi) is 4.08. The predicted molar refractivity (Wildman–Crippen MR) is 71.1 cm³/mol. The summed E-state index contributed by atoms with van der Waals surface area (Å²) in [7, 11) is 0. The summed E-state index contributed by atoms with van der Waals surface area (Å²) in [6, 6.07) is 2.41. The fourth-order valence-electron chi connectivity index (χ4n) is 1.67. The standard InChI is InChI=1S/C13H11F3N4O/c1-6-2-11(20-17)7(5-18-6)13(21)19-12-4-9(15)8(14)3-10(12)16/h2-5H,17H2,1H3,(H,18,20)(H,19,21). The lowest BCUT2D eigenvalue weighted by atomic mass is 10.2. The Morgan fingerprint density at radius 2 is 1.76 bits per heavy atom. The van der Waals surface area contributed by atoms with Gasteiger partial charge in [0.25, 0.3) is 5.91 Å². The van der Waals surface area contributed by atoms with E-state index in [0.29, 0.717) is 17.8 Å². The summed E-state index contributed by atoms with van der Waals surface area (Å²) in [5, 5.41) is 2.13. The quantitative estimate of drug-likeness (QED) is 0.461. The van der Waals surface area contributed by atoms with E-state index in [-0.39, 0.29) is 11.3 Å². The average molecular weight is 296 g/mol. The van der Waals surface area contributed by atoms with Crippen LogP contribution in [-0.2, 0) is 0 Å². The van der Waals surface area contributed by atoms with E-state index >= 15 is 0 Å². The number of hydrogen-bond acceptors (Lipinski definition) is 4. The number of anilines is 2. The van der Waals surface area contributed by atoms with Crippen LogP contribution in [0, 0.1) is 24.4 Å². The highest BCUT2D eigenvalue weighted by Gasteiger charge is 2.16. The van der Waals surface area contributed by atoms with Crippen molar-refractivity contribution in [2.24, 2.45) is 5.84 Å². The summed E-state index contributed by atoms with van der Waals surface area (Å²) in [5.74, 6) is 0.813. The molecular weight excluding hydrogens is 285 g/mol. The molecule has 0 saturated carbocycles. The number of pyridine rings is 1. The molecule has 21 heavy (non-hydrogen) atoms. The number of carbonyl (C=O) groups is 1. The summed E-state index contributed by atoms with van der Waals surface area (Å²) in [6.07, 6.45) is 1.23. The molecule has 5 nitrogen and oxygen atoms in total. The van der Waals surface area contributed by atoms with E-state index in [0.717, 1.165) is 0 Å². The van der Waals surface area contributed by atoms with Crippen molar-refractivity contribution >= 4 is 17.3 Å². The van der Waals surface area contributed by atoms with Gasteiger partial charge in [-0.3, -0.25) is 15.6 Å². The van der Waals surface area contributed by atoms with Gasteiger partial charge in [0.1, 0.15) is 5.82 Å².